The monoisotopic (exact) mass is 499 g/mol. The Morgan fingerprint density at radius 3 is 2.91 bits per heavy atom. The average molecular weight is 500 g/mol. The second-order valence-electron chi connectivity index (χ2n) is 7.70. The van der Waals surface area contributed by atoms with E-state index in [1.165, 1.54) is 23.5 Å². The molecule has 1 aliphatic rings. The van der Waals surface area contributed by atoms with Crippen LogP contribution >= 0.6 is 22.9 Å². The van der Waals surface area contributed by atoms with Crippen molar-refractivity contribution in [1.29, 1.82) is 0 Å². The number of rotatable bonds is 6. The quantitative estimate of drug-likeness (QED) is 0.203. The fourth-order valence-corrected chi connectivity index (χ4v) is 5.07. The van der Waals surface area contributed by atoms with E-state index in [-0.39, 0.29) is 25.7 Å². The predicted molar refractivity (Wildman–Crippen MR) is 125 cm³/mol. The molecule has 0 amide bonds. The molecular formula is C23H18ClN3O6S. The van der Waals surface area contributed by atoms with Crippen LogP contribution in [0.2, 0.25) is 5.02 Å². The first kappa shape index (κ1) is 22.3. The van der Waals surface area contributed by atoms with Crippen molar-refractivity contribution in [1.82, 2.24) is 9.78 Å². The number of carbonyl (C=O) groups is 1. The van der Waals surface area contributed by atoms with Gasteiger partial charge in [-0.25, -0.2) is 4.79 Å². The molecule has 2 aromatic heterocycles. The van der Waals surface area contributed by atoms with Crippen LogP contribution < -0.4 is 4.74 Å². The Hall–Kier alpha value is -3.47. The summed E-state index contributed by atoms with van der Waals surface area (Å²) in [4.78, 5) is 24.9. The molecular weight excluding hydrogens is 482 g/mol. The highest BCUT2D eigenvalue weighted by Gasteiger charge is 2.23. The number of nitro groups is 1. The average Bonchev–Trinajstić information content (AvgIpc) is 3.39. The molecule has 0 unspecified atom stereocenters. The number of nitrogens with zero attached hydrogens (tertiary/aromatic N) is 3. The van der Waals surface area contributed by atoms with E-state index < -0.39 is 10.9 Å². The molecule has 0 aliphatic carbocycles. The van der Waals surface area contributed by atoms with E-state index in [1.807, 2.05) is 35.9 Å². The lowest BCUT2D eigenvalue weighted by Crippen LogP contribution is -2.14. The number of hydrogen-bond acceptors (Lipinski definition) is 8. The van der Waals surface area contributed by atoms with E-state index in [0.717, 1.165) is 21.5 Å². The molecule has 3 heterocycles. The molecule has 34 heavy (non-hydrogen) atoms. The number of fused-ring (bicyclic) bond motifs is 2. The topological polar surface area (TPSA) is 106 Å². The number of ether oxygens (including phenoxy) is 3. The molecule has 0 saturated carbocycles. The summed E-state index contributed by atoms with van der Waals surface area (Å²) in [5.41, 5.74) is 2.56. The van der Waals surface area contributed by atoms with Gasteiger partial charge in [0.2, 0.25) is 0 Å². The molecule has 0 saturated heterocycles. The van der Waals surface area contributed by atoms with Crippen molar-refractivity contribution >= 4 is 44.8 Å². The molecule has 0 bridgehead atoms. The van der Waals surface area contributed by atoms with Crippen LogP contribution in [-0.4, -0.2) is 27.5 Å². The summed E-state index contributed by atoms with van der Waals surface area (Å²) >= 11 is 7.57. The number of non-ortho nitro benzene ring substituents is 1. The highest BCUT2D eigenvalue weighted by Crippen LogP contribution is 2.34. The predicted octanol–water partition coefficient (Wildman–Crippen LogP) is 5.24. The van der Waals surface area contributed by atoms with Gasteiger partial charge < -0.3 is 14.2 Å². The van der Waals surface area contributed by atoms with Crippen molar-refractivity contribution in [3.05, 3.63) is 84.9 Å². The first-order chi connectivity index (χ1) is 16.4. The Morgan fingerprint density at radius 2 is 2.12 bits per heavy atom. The Kier molecular flexibility index (Phi) is 5.94. The van der Waals surface area contributed by atoms with Crippen molar-refractivity contribution in [2.75, 3.05) is 6.79 Å². The zero-order chi connectivity index (χ0) is 23.8. The largest absolute Gasteiger partial charge is 0.467 e. The minimum atomic E-state index is -0.530. The van der Waals surface area contributed by atoms with Crippen LogP contribution in [0.4, 0.5) is 5.69 Å². The van der Waals surface area contributed by atoms with Crippen molar-refractivity contribution in [3.63, 3.8) is 0 Å². The summed E-state index contributed by atoms with van der Waals surface area (Å²) in [7, 11) is 0. The lowest BCUT2D eigenvalue weighted by molar-refractivity contribution is -0.385. The molecule has 9 nitrogen and oxygen atoms in total. The van der Waals surface area contributed by atoms with E-state index >= 15 is 0 Å². The fraction of sp³-hybridized carbons (Fsp3) is 0.217. The molecule has 0 fully saturated rings. The number of halogens is 1. The maximum absolute atomic E-state index is 12.8. The standard InChI is InChI=1S/C23H18ClN3O6S/c1-13-18-8-20(34-22(18)26(25-13)9-14-4-2-3-5-19(14)24)23(28)32-11-16-7-17(27(29)30)6-15-10-31-12-33-21(15)16/h2-8H,9-12H2,1H3. The highest BCUT2D eigenvalue weighted by molar-refractivity contribution is 7.20. The number of benzene rings is 2. The van der Waals surface area contributed by atoms with Gasteiger partial charge >= 0.3 is 5.97 Å². The number of carbonyl (C=O) groups excluding carboxylic acids is 1. The van der Waals surface area contributed by atoms with Gasteiger partial charge in [-0.2, -0.15) is 5.10 Å². The highest BCUT2D eigenvalue weighted by atomic mass is 35.5. The number of nitro benzene ring substituents is 1. The fourth-order valence-electron chi connectivity index (χ4n) is 3.82. The third kappa shape index (κ3) is 4.23. The van der Waals surface area contributed by atoms with Gasteiger partial charge in [-0.1, -0.05) is 29.8 Å². The molecule has 0 N–H and O–H groups in total. The molecule has 11 heteroatoms. The van der Waals surface area contributed by atoms with Crippen LogP contribution in [-0.2, 0) is 29.2 Å². The van der Waals surface area contributed by atoms with Gasteiger partial charge in [-0.05, 0) is 24.6 Å². The van der Waals surface area contributed by atoms with Crippen molar-refractivity contribution < 1.29 is 23.9 Å². The van der Waals surface area contributed by atoms with Crippen molar-refractivity contribution in [2.24, 2.45) is 0 Å². The van der Waals surface area contributed by atoms with Gasteiger partial charge in [0, 0.05) is 33.7 Å². The van der Waals surface area contributed by atoms with Gasteiger partial charge in [0.05, 0.1) is 23.8 Å². The molecule has 4 aromatic rings. The molecule has 5 rings (SSSR count). The van der Waals surface area contributed by atoms with Crippen LogP contribution in [0.1, 0.15) is 32.1 Å². The van der Waals surface area contributed by atoms with Crippen LogP contribution in [0.5, 0.6) is 5.75 Å². The number of aryl methyl sites for hydroxylation is 1. The van der Waals surface area contributed by atoms with Gasteiger partial charge in [0.1, 0.15) is 22.1 Å². The molecule has 0 radical (unpaired) electrons. The Balaban J connectivity index is 1.38. The van der Waals surface area contributed by atoms with E-state index in [2.05, 4.69) is 5.10 Å². The normalized spacial score (nSPS) is 12.9. The van der Waals surface area contributed by atoms with Gasteiger partial charge in [0.25, 0.3) is 5.69 Å². The minimum Gasteiger partial charge on any atom is -0.467 e. The molecule has 2 aromatic carbocycles. The summed E-state index contributed by atoms with van der Waals surface area (Å²) in [6.45, 7) is 2.40. The minimum absolute atomic E-state index is 0.0310. The SMILES string of the molecule is Cc1nn(Cc2ccccc2Cl)c2sc(C(=O)OCc3cc([N+](=O)[O-])cc4c3OCOC4)cc12. The van der Waals surface area contributed by atoms with E-state index in [0.29, 0.717) is 33.3 Å². The van der Waals surface area contributed by atoms with E-state index in [1.54, 1.807) is 6.07 Å². The Labute approximate surface area is 202 Å². The molecule has 0 atom stereocenters. The summed E-state index contributed by atoms with van der Waals surface area (Å²) in [5.74, 6) is -0.0792. The van der Waals surface area contributed by atoms with Crippen molar-refractivity contribution in [3.8, 4) is 5.75 Å². The second-order valence-corrected chi connectivity index (χ2v) is 9.14. The van der Waals surface area contributed by atoms with Crippen molar-refractivity contribution in [2.45, 2.75) is 26.7 Å². The van der Waals surface area contributed by atoms with Crippen LogP contribution in [0.3, 0.4) is 0 Å². The number of aromatic nitrogens is 2. The number of hydrogen-bond donors (Lipinski definition) is 0. The van der Waals surface area contributed by atoms with Crippen LogP contribution in [0, 0.1) is 17.0 Å². The Bertz CT molecular complexity index is 1430. The van der Waals surface area contributed by atoms with E-state index in [4.69, 9.17) is 25.8 Å². The zero-order valence-electron chi connectivity index (χ0n) is 17.9. The second kappa shape index (κ2) is 9.05. The van der Waals surface area contributed by atoms with E-state index in [9.17, 15) is 14.9 Å². The number of thiophene rings is 1. The first-order valence-electron chi connectivity index (χ1n) is 10.3. The summed E-state index contributed by atoms with van der Waals surface area (Å²) in [6.07, 6.45) is 0. The zero-order valence-corrected chi connectivity index (χ0v) is 19.5. The maximum Gasteiger partial charge on any atom is 0.348 e. The first-order valence-corrected chi connectivity index (χ1v) is 11.5. The molecule has 1 aliphatic heterocycles. The third-order valence-electron chi connectivity index (χ3n) is 5.43. The smallest absolute Gasteiger partial charge is 0.348 e. The summed E-state index contributed by atoms with van der Waals surface area (Å²) in [5, 5.41) is 17.4. The van der Waals surface area contributed by atoms with Gasteiger partial charge in [-0.3, -0.25) is 14.8 Å². The van der Waals surface area contributed by atoms with Crippen LogP contribution in [0.25, 0.3) is 10.2 Å². The summed E-state index contributed by atoms with van der Waals surface area (Å²) < 4.78 is 18.0. The maximum atomic E-state index is 12.8. The third-order valence-corrected chi connectivity index (χ3v) is 6.92. The summed E-state index contributed by atoms with van der Waals surface area (Å²) in [6, 6.07) is 12.0. The van der Waals surface area contributed by atoms with Crippen LogP contribution in [0.15, 0.2) is 42.5 Å². The Morgan fingerprint density at radius 1 is 1.29 bits per heavy atom. The molecule has 174 valence electrons. The van der Waals surface area contributed by atoms with Gasteiger partial charge in [0.15, 0.2) is 6.79 Å². The number of esters is 1. The molecule has 0 spiro atoms. The lowest BCUT2D eigenvalue weighted by Gasteiger charge is -2.20. The lowest BCUT2D eigenvalue weighted by atomic mass is 10.1. The van der Waals surface area contributed by atoms with Gasteiger partial charge in [-0.15, -0.1) is 11.3 Å².